The van der Waals surface area contributed by atoms with Crippen LogP contribution in [0.15, 0.2) is 0 Å². The molecule has 1 saturated heterocycles. The van der Waals surface area contributed by atoms with E-state index in [0.717, 1.165) is 26.2 Å². The Kier molecular flexibility index (Phi) is 5.65. The van der Waals surface area contributed by atoms with Gasteiger partial charge in [0.25, 0.3) is 0 Å². The number of unbranched alkanes of at least 4 members (excludes halogenated alkanes) is 1. The Labute approximate surface area is 92.6 Å². The molecule has 0 spiro atoms. The topological polar surface area (TPSA) is 35.6 Å². The number of hydrogen-bond donors (Lipinski definition) is 1. The van der Waals surface area contributed by atoms with Gasteiger partial charge >= 0.3 is 0 Å². The molecule has 0 aromatic heterocycles. The summed E-state index contributed by atoms with van der Waals surface area (Å²) in [6.45, 7) is 7.73. The van der Waals surface area contributed by atoms with Crippen molar-refractivity contribution in [3.05, 3.63) is 0 Å². The fourth-order valence-corrected chi connectivity index (χ4v) is 1.87. The SMILES string of the molecule is CCCCN1CCN(C(=O)CNC)CC1. The number of carbonyl (C=O) groups excluding carboxylic acids is 1. The summed E-state index contributed by atoms with van der Waals surface area (Å²) in [5, 5.41) is 2.91. The Balaban J connectivity index is 2.20. The molecule has 0 unspecified atom stereocenters. The van der Waals surface area contributed by atoms with E-state index in [1.165, 1.54) is 19.4 Å². The minimum Gasteiger partial charge on any atom is -0.339 e. The van der Waals surface area contributed by atoms with Crippen LogP contribution in [-0.2, 0) is 4.79 Å². The summed E-state index contributed by atoms with van der Waals surface area (Å²) in [6, 6.07) is 0. The summed E-state index contributed by atoms with van der Waals surface area (Å²) < 4.78 is 0. The van der Waals surface area contributed by atoms with Gasteiger partial charge in [0.2, 0.25) is 5.91 Å². The van der Waals surface area contributed by atoms with Crippen LogP contribution < -0.4 is 5.32 Å². The first kappa shape index (κ1) is 12.5. The van der Waals surface area contributed by atoms with Crippen molar-refractivity contribution in [3.63, 3.8) is 0 Å². The maximum absolute atomic E-state index is 11.6. The quantitative estimate of drug-likeness (QED) is 0.706. The van der Waals surface area contributed by atoms with Crippen LogP contribution in [0.2, 0.25) is 0 Å². The predicted octanol–water partition coefficient (Wildman–Crippen LogP) is 0.150. The normalized spacial score (nSPS) is 18.1. The molecular weight excluding hydrogens is 190 g/mol. The number of rotatable bonds is 5. The lowest BCUT2D eigenvalue weighted by Gasteiger charge is -2.34. The Morgan fingerprint density at radius 3 is 2.47 bits per heavy atom. The maximum atomic E-state index is 11.6. The smallest absolute Gasteiger partial charge is 0.236 e. The van der Waals surface area contributed by atoms with Gasteiger partial charge in [0.05, 0.1) is 6.54 Å². The molecule has 1 N–H and O–H groups in total. The summed E-state index contributed by atoms with van der Waals surface area (Å²) in [7, 11) is 1.81. The molecular formula is C11H23N3O. The third-order valence-corrected chi connectivity index (χ3v) is 2.88. The molecule has 0 aromatic rings. The van der Waals surface area contributed by atoms with Crippen molar-refractivity contribution in [3.8, 4) is 0 Å². The summed E-state index contributed by atoms with van der Waals surface area (Å²) in [6.07, 6.45) is 2.52. The van der Waals surface area contributed by atoms with Crippen molar-refractivity contribution < 1.29 is 4.79 Å². The van der Waals surface area contributed by atoms with Crippen LogP contribution in [0, 0.1) is 0 Å². The van der Waals surface area contributed by atoms with Crippen LogP contribution >= 0.6 is 0 Å². The molecule has 0 bridgehead atoms. The average molecular weight is 213 g/mol. The predicted molar refractivity (Wildman–Crippen MR) is 61.9 cm³/mol. The highest BCUT2D eigenvalue weighted by atomic mass is 16.2. The molecule has 0 saturated carbocycles. The van der Waals surface area contributed by atoms with E-state index in [-0.39, 0.29) is 5.91 Å². The second-order valence-corrected chi connectivity index (χ2v) is 4.11. The third-order valence-electron chi connectivity index (χ3n) is 2.88. The summed E-state index contributed by atoms with van der Waals surface area (Å²) in [5.74, 6) is 0.229. The molecule has 1 aliphatic rings. The van der Waals surface area contributed by atoms with Gasteiger partial charge in [-0.1, -0.05) is 13.3 Å². The summed E-state index contributed by atoms with van der Waals surface area (Å²) in [4.78, 5) is 16.0. The van der Waals surface area contributed by atoms with Crippen molar-refractivity contribution in [2.24, 2.45) is 0 Å². The first-order chi connectivity index (χ1) is 7.27. The number of amides is 1. The lowest BCUT2D eigenvalue weighted by Crippen LogP contribution is -2.50. The van der Waals surface area contributed by atoms with Crippen molar-refractivity contribution in [2.45, 2.75) is 19.8 Å². The van der Waals surface area contributed by atoms with E-state index in [9.17, 15) is 4.79 Å². The number of nitrogens with one attached hydrogen (secondary N) is 1. The molecule has 1 fully saturated rings. The molecule has 0 atom stereocenters. The molecule has 1 heterocycles. The molecule has 0 aliphatic carbocycles. The van der Waals surface area contributed by atoms with Gasteiger partial charge < -0.3 is 10.2 Å². The second-order valence-electron chi connectivity index (χ2n) is 4.11. The molecule has 0 radical (unpaired) electrons. The molecule has 15 heavy (non-hydrogen) atoms. The maximum Gasteiger partial charge on any atom is 0.236 e. The van der Waals surface area contributed by atoms with E-state index in [4.69, 9.17) is 0 Å². The fourth-order valence-electron chi connectivity index (χ4n) is 1.87. The van der Waals surface area contributed by atoms with Gasteiger partial charge in [0.1, 0.15) is 0 Å². The number of piperazine rings is 1. The lowest BCUT2D eigenvalue weighted by molar-refractivity contribution is -0.131. The molecule has 4 heteroatoms. The minimum atomic E-state index is 0.229. The zero-order chi connectivity index (χ0) is 11.1. The second kappa shape index (κ2) is 6.80. The fraction of sp³-hybridized carbons (Fsp3) is 0.909. The van der Waals surface area contributed by atoms with E-state index >= 15 is 0 Å². The Hall–Kier alpha value is -0.610. The highest BCUT2D eigenvalue weighted by Gasteiger charge is 2.19. The van der Waals surface area contributed by atoms with Gasteiger partial charge in [0.15, 0.2) is 0 Å². The van der Waals surface area contributed by atoms with Gasteiger partial charge in [-0.25, -0.2) is 0 Å². The molecule has 0 aromatic carbocycles. The zero-order valence-electron chi connectivity index (χ0n) is 9.96. The van der Waals surface area contributed by atoms with Gasteiger partial charge in [-0.15, -0.1) is 0 Å². The van der Waals surface area contributed by atoms with Crippen molar-refractivity contribution >= 4 is 5.91 Å². The molecule has 1 rings (SSSR count). The van der Waals surface area contributed by atoms with E-state index in [2.05, 4.69) is 17.1 Å². The zero-order valence-corrected chi connectivity index (χ0v) is 9.96. The summed E-state index contributed by atoms with van der Waals surface area (Å²) in [5.41, 5.74) is 0. The number of likely N-dealkylation sites (N-methyl/N-ethyl adjacent to an activating group) is 1. The van der Waals surface area contributed by atoms with Gasteiger partial charge in [-0.2, -0.15) is 0 Å². The van der Waals surface area contributed by atoms with Gasteiger partial charge in [-0.05, 0) is 20.0 Å². The first-order valence-electron chi connectivity index (χ1n) is 5.92. The van der Waals surface area contributed by atoms with Crippen molar-refractivity contribution in [2.75, 3.05) is 46.3 Å². The van der Waals surface area contributed by atoms with Crippen molar-refractivity contribution in [1.29, 1.82) is 0 Å². The van der Waals surface area contributed by atoms with Gasteiger partial charge in [-0.3, -0.25) is 9.69 Å². The van der Waals surface area contributed by atoms with Crippen LogP contribution in [0.5, 0.6) is 0 Å². The Bertz CT molecular complexity index is 188. The molecule has 1 amide bonds. The lowest BCUT2D eigenvalue weighted by atomic mass is 10.2. The molecule has 88 valence electrons. The van der Waals surface area contributed by atoms with Crippen LogP contribution in [0.3, 0.4) is 0 Å². The number of hydrogen-bond acceptors (Lipinski definition) is 3. The van der Waals surface area contributed by atoms with Crippen LogP contribution in [-0.4, -0.2) is 62.0 Å². The first-order valence-corrected chi connectivity index (χ1v) is 5.92. The largest absolute Gasteiger partial charge is 0.339 e. The van der Waals surface area contributed by atoms with Gasteiger partial charge in [0, 0.05) is 26.2 Å². The van der Waals surface area contributed by atoms with E-state index in [1.54, 1.807) is 0 Å². The van der Waals surface area contributed by atoms with Crippen LogP contribution in [0.25, 0.3) is 0 Å². The van der Waals surface area contributed by atoms with Crippen molar-refractivity contribution in [1.82, 2.24) is 15.1 Å². The average Bonchev–Trinajstić information content (AvgIpc) is 2.27. The van der Waals surface area contributed by atoms with E-state index in [0.29, 0.717) is 6.54 Å². The highest BCUT2D eigenvalue weighted by Crippen LogP contribution is 2.03. The minimum absolute atomic E-state index is 0.229. The van der Waals surface area contributed by atoms with E-state index < -0.39 is 0 Å². The number of nitrogens with zero attached hydrogens (tertiary/aromatic N) is 2. The number of carbonyl (C=O) groups is 1. The third kappa shape index (κ3) is 4.18. The van der Waals surface area contributed by atoms with Crippen LogP contribution in [0.1, 0.15) is 19.8 Å². The standard InChI is InChI=1S/C11H23N3O/c1-3-4-5-13-6-8-14(9-7-13)11(15)10-12-2/h12H,3-10H2,1-2H3. The van der Waals surface area contributed by atoms with Crippen LogP contribution in [0.4, 0.5) is 0 Å². The highest BCUT2D eigenvalue weighted by molar-refractivity contribution is 5.78. The Morgan fingerprint density at radius 2 is 1.93 bits per heavy atom. The van der Waals surface area contributed by atoms with E-state index in [1.807, 2.05) is 11.9 Å². The monoisotopic (exact) mass is 213 g/mol. The Morgan fingerprint density at radius 1 is 1.27 bits per heavy atom. The molecule has 1 aliphatic heterocycles. The summed E-state index contributed by atoms with van der Waals surface area (Å²) >= 11 is 0. The molecule has 4 nitrogen and oxygen atoms in total.